The summed E-state index contributed by atoms with van der Waals surface area (Å²) in [5.74, 6) is 0. The highest BCUT2D eigenvalue weighted by atomic mass is 32.2. The Balaban J connectivity index is 3.50. The van der Waals surface area contributed by atoms with E-state index in [0.29, 0.717) is 12.8 Å². The highest BCUT2D eigenvalue weighted by Crippen LogP contribution is 2.17. The molecule has 0 aliphatic carbocycles. The third-order valence-corrected chi connectivity index (χ3v) is 7.20. The molecule has 0 aromatic rings. The van der Waals surface area contributed by atoms with Crippen LogP contribution in [0.25, 0.3) is 0 Å². The fraction of sp³-hybridized carbons (Fsp3) is 1.00. The van der Waals surface area contributed by atoms with Crippen LogP contribution < -0.4 is 0 Å². The summed E-state index contributed by atoms with van der Waals surface area (Å²) in [5.41, 5.74) is -1.87. The lowest BCUT2D eigenvalue weighted by Gasteiger charge is -2.10. The first-order chi connectivity index (χ1) is 14.5. The van der Waals surface area contributed by atoms with Gasteiger partial charge in [-0.15, -0.1) is 0 Å². The number of unbranched alkanes of at least 4 members (excludes halogenated alkanes) is 18. The second kappa shape index (κ2) is 22.0. The van der Waals surface area contributed by atoms with E-state index in [2.05, 4.69) is 13.8 Å². The first-order valence-electron chi connectivity index (χ1n) is 13.1. The lowest BCUT2D eigenvalue weighted by atomic mass is 10.1. The molecule has 0 aromatic carbocycles. The van der Waals surface area contributed by atoms with E-state index in [1.807, 2.05) is 0 Å². The molecule has 0 amide bonds. The average Bonchev–Trinajstić information content (AvgIpc) is 2.73. The van der Waals surface area contributed by atoms with Gasteiger partial charge in [0.1, 0.15) is 0 Å². The van der Waals surface area contributed by atoms with E-state index in [-0.39, 0.29) is 13.0 Å². The normalized spacial score (nSPS) is 13.0. The molecular formula is C25H51FO3S. The lowest BCUT2D eigenvalue weighted by molar-refractivity contribution is 0.270. The third-order valence-electron chi connectivity index (χ3n) is 5.84. The van der Waals surface area contributed by atoms with Crippen LogP contribution in [0.15, 0.2) is 0 Å². The van der Waals surface area contributed by atoms with Crippen molar-refractivity contribution in [3.05, 3.63) is 0 Å². The first-order valence-corrected chi connectivity index (χ1v) is 14.5. The summed E-state index contributed by atoms with van der Waals surface area (Å²) in [6.45, 7) is 4.57. The molecule has 1 atom stereocenters. The number of hydrogen-bond acceptors (Lipinski definition) is 3. The van der Waals surface area contributed by atoms with Gasteiger partial charge in [0.25, 0.3) is 10.1 Å². The van der Waals surface area contributed by atoms with Crippen LogP contribution in [0.4, 0.5) is 4.39 Å². The standard InChI is InChI=1S/C25H51FO3S/c1-3-5-7-9-11-13-14-16-18-20-22-24-29-30(27,28)25(26)23-21-19-17-15-12-10-8-6-4-2/h25H,3-24H2,1-2H3. The molecule has 0 saturated heterocycles. The van der Waals surface area contributed by atoms with Crippen molar-refractivity contribution in [3.8, 4) is 0 Å². The van der Waals surface area contributed by atoms with E-state index >= 15 is 0 Å². The Bertz CT molecular complexity index is 440. The average molecular weight is 451 g/mol. The van der Waals surface area contributed by atoms with Crippen molar-refractivity contribution >= 4 is 10.1 Å². The second-order valence-electron chi connectivity index (χ2n) is 8.88. The maximum Gasteiger partial charge on any atom is 0.299 e. The molecular weight excluding hydrogens is 399 g/mol. The summed E-state index contributed by atoms with van der Waals surface area (Å²) >= 11 is 0. The van der Waals surface area contributed by atoms with Gasteiger partial charge in [-0.1, -0.05) is 129 Å². The SMILES string of the molecule is CCCCCCCCCCCCCOS(=O)(=O)C(F)CCCCCCCCCCC. The molecule has 0 heterocycles. The number of alkyl halides is 1. The van der Waals surface area contributed by atoms with Crippen LogP contribution in [0.2, 0.25) is 0 Å². The molecule has 1 unspecified atom stereocenters. The molecule has 0 rings (SSSR count). The van der Waals surface area contributed by atoms with E-state index < -0.39 is 15.6 Å². The van der Waals surface area contributed by atoms with Crippen LogP contribution in [-0.2, 0) is 14.3 Å². The van der Waals surface area contributed by atoms with Crippen molar-refractivity contribution < 1.29 is 17.0 Å². The van der Waals surface area contributed by atoms with Crippen molar-refractivity contribution in [1.29, 1.82) is 0 Å². The molecule has 0 aliphatic heterocycles. The van der Waals surface area contributed by atoms with Gasteiger partial charge >= 0.3 is 0 Å². The lowest BCUT2D eigenvalue weighted by Crippen LogP contribution is -2.19. The molecule has 0 fully saturated rings. The van der Waals surface area contributed by atoms with Crippen molar-refractivity contribution in [3.63, 3.8) is 0 Å². The quantitative estimate of drug-likeness (QED) is 0.109. The highest BCUT2D eigenvalue weighted by Gasteiger charge is 2.25. The van der Waals surface area contributed by atoms with Crippen molar-refractivity contribution in [2.75, 3.05) is 6.61 Å². The van der Waals surface area contributed by atoms with E-state index in [4.69, 9.17) is 4.18 Å². The Morgan fingerprint density at radius 2 is 0.900 bits per heavy atom. The molecule has 5 heteroatoms. The van der Waals surface area contributed by atoms with Crippen LogP contribution in [-0.4, -0.2) is 20.5 Å². The monoisotopic (exact) mass is 450 g/mol. The number of hydrogen-bond donors (Lipinski definition) is 0. The van der Waals surface area contributed by atoms with Crippen LogP contribution >= 0.6 is 0 Å². The Morgan fingerprint density at radius 3 is 1.30 bits per heavy atom. The molecule has 0 N–H and O–H groups in total. The maximum atomic E-state index is 14.0. The zero-order chi connectivity index (χ0) is 22.3. The minimum atomic E-state index is -4.05. The van der Waals surface area contributed by atoms with Crippen LogP contribution in [0.3, 0.4) is 0 Å². The fourth-order valence-corrected chi connectivity index (χ4v) is 4.73. The largest absolute Gasteiger partial charge is 0.299 e. The van der Waals surface area contributed by atoms with Crippen molar-refractivity contribution in [2.24, 2.45) is 0 Å². The molecule has 182 valence electrons. The Kier molecular flexibility index (Phi) is 21.9. The molecule has 0 saturated carbocycles. The minimum absolute atomic E-state index is 0.0659. The van der Waals surface area contributed by atoms with Crippen LogP contribution in [0.1, 0.15) is 149 Å². The predicted molar refractivity (Wildman–Crippen MR) is 128 cm³/mol. The summed E-state index contributed by atoms with van der Waals surface area (Å²) in [6, 6.07) is 0. The summed E-state index contributed by atoms with van der Waals surface area (Å²) in [6.07, 6.45) is 23.4. The van der Waals surface area contributed by atoms with Gasteiger partial charge in [0.15, 0.2) is 0 Å². The zero-order valence-electron chi connectivity index (χ0n) is 20.1. The van der Waals surface area contributed by atoms with E-state index in [9.17, 15) is 12.8 Å². The summed E-state index contributed by atoms with van der Waals surface area (Å²) in [4.78, 5) is 0. The minimum Gasteiger partial charge on any atom is -0.268 e. The van der Waals surface area contributed by atoms with Gasteiger partial charge in [0.05, 0.1) is 6.61 Å². The van der Waals surface area contributed by atoms with Gasteiger partial charge in [0.2, 0.25) is 5.50 Å². The van der Waals surface area contributed by atoms with Crippen molar-refractivity contribution in [2.45, 2.75) is 154 Å². The van der Waals surface area contributed by atoms with E-state index in [1.54, 1.807) is 0 Å². The fourth-order valence-electron chi connectivity index (χ4n) is 3.78. The molecule has 0 aromatic heterocycles. The predicted octanol–water partition coefficient (Wildman–Crippen LogP) is 8.86. The molecule has 0 bridgehead atoms. The topological polar surface area (TPSA) is 43.4 Å². The number of halogens is 1. The summed E-state index contributed by atoms with van der Waals surface area (Å²) in [5, 5.41) is 0. The second-order valence-corrected chi connectivity index (χ2v) is 10.6. The first kappa shape index (κ1) is 29.8. The molecule has 0 spiro atoms. The molecule has 3 nitrogen and oxygen atoms in total. The Labute approximate surface area is 188 Å². The third kappa shape index (κ3) is 19.8. The maximum absolute atomic E-state index is 14.0. The van der Waals surface area contributed by atoms with Gasteiger partial charge in [-0.25, -0.2) is 4.39 Å². The van der Waals surface area contributed by atoms with Crippen molar-refractivity contribution in [1.82, 2.24) is 0 Å². The molecule has 30 heavy (non-hydrogen) atoms. The van der Waals surface area contributed by atoms with E-state index in [0.717, 1.165) is 25.7 Å². The summed E-state index contributed by atoms with van der Waals surface area (Å²) < 4.78 is 42.7. The van der Waals surface area contributed by atoms with Gasteiger partial charge in [0, 0.05) is 0 Å². The summed E-state index contributed by atoms with van der Waals surface area (Å²) in [7, 11) is -4.05. The smallest absolute Gasteiger partial charge is 0.268 e. The zero-order valence-corrected chi connectivity index (χ0v) is 21.0. The van der Waals surface area contributed by atoms with Gasteiger partial charge < -0.3 is 0 Å². The Morgan fingerprint density at radius 1 is 0.567 bits per heavy atom. The Hall–Kier alpha value is -0.160. The van der Waals surface area contributed by atoms with E-state index in [1.165, 1.54) is 89.9 Å². The molecule has 0 radical (unpaired) electrons. The van der Waals surface area contributed by atoms with Gasteiger partial charge in [-0.2, -0.15) is 8.42 Å². The molecule has 0 aliphatic rings. The van der Waals surface area contributed by atoms with Gasteiger partial charge in [-0.05, 0) is 19.3 Å². The van der Waals surface area contributed by atoms with Crippen LogP contribution in [0, 0.1) is 0 Å². The van der Waals surface area contributed by atoms with Crippen LogP contribution in [0.5, 0.6) is 0 Å². The number of rotatable bonds is 24. The highest BCUT2D eigenvalue weighted by molar-refractivity contribution is 7.87. The van der Waals surface area contributed by atoms with Gasteiger partial charge in [-0.3, -0.25) is 4.18 Å².